The number of hydrogen-bond acceptors (Lipinski definition) is 3. The van der Waals surface area contributed by atoms with Gasteiger partial charge in [0.05, 0.1) is 0 Å². The molecule has 5 nitrogen and oxygen atoms in total. The SMILES string of the molecule is CC(=O)NC(C(=O)N1CCC2(CCNC2)CC1)C1CCCC1. The van der Waals surface area contributed by atoms with E-state index in [1.807, 2.05) is 4.90 Å². The molecule has 2 saturated heterocycles. The van der Waals surface area contributed by atoms with E-state index < -0.39 is 0 Å². The van der Waals surface area contributed by atoms with Gasteiger partial charge in [-0.05, 0) is 50.0 Å². The summed E-state index contributed by atoms with van der Waals surface area (Å²) in [6.07, 6.45) is 7.95. The van der Waals surface area contributed by atoms with Gasteiger partial charge in [-0.2, -0.15) is 0 Å². The van der Waals surface area contributed by atoms with Gasteiger partial charge >= 0.3 is 0 Å². The Balaban J connectivity index is 1.61. The molecule has 2 aliphatic heterocycles. The van der Waals surface area contributed by atoms with Crippen molar-refractivity contribution in [3.63, 3.8) is 0 Å². The summed E-state index contributed by atoms with van der Waals surface area (Å²) in [4.78, 5) is 26.4. The molecule has 1 unspecified atom stereocenters. The first kappa shape index (κ1) is 15.8. The Hall–Kier alpha value is -1.10. The van der Waals surface area contributed by atoms with Gasteiger partial charge < -0.3 is 15.5 Å². The van der Waals surface area contributed by atoms with Crippen LogP contribution >= 0.6 is 0 Å². The molecule has 0 bridgehead atoms. The van der Waals surface area contributed by atoms with Crippen molar-refractivity contribution in [2.45, 2.75) is 57.9 Å². The summed E-state index contributed by atoms with van der Waals surface area (Å²) in [6, 6.07) is -0.296. The summed E-state index contributed by atoms with van der Waals surface area (Å²) in [6.45, 7) is 5.44. The third-order valence-corrected chi connectivity index (χ3v) is 5.96. The van der Waals surface area contributed by atoms with Crippen molar-refractivity contribution in [1.29, 1.82) is 0 Å². The molecule has 5 heteroatoms. The fourth-order valence-corrected chi connectivity index (χ4v) is 4.51. The highest BCUT2D eigenvalue weighted by atomic mass is 16.2. The number of nitrogens with one attached hydrogen (secondary N) is 2. The van der Waals surface area contributed by atoms with E-state index in [0.29, 0.717) is 11.3 Å². The van der Waals surface area contributed by atoms with Gasteiger partial charge in [0, 0.05) is 26.6 Å². The lowest BCUT2D eigenvalue weighted by atomic mass is 9.77. The average molecular weight is 307 g/mol. The van der Waals surface area contributed by atoms with Crippen LogP contribution in [0.3, 0.4) is 0 Å². The van der Waals surface area contributed by atoms with Crippen LogP contribution in [0.2, 0.25) is 0 Å². The maximum absolute atomic E-state index is 12.9. The standard InChI is InChI=1S/C17H29N3O2/c1-13(21)19-15(14-4-2-3-5-14)16(22)20-10-7-17(8-11-20)6-9-18-12-17/h14-15,18H,2-12H2,1H3,(H,19,21). The predicted molar refractivity (Wildman–Crippen MR) is 85.3 cm³/mol. The number of rotatable bonds is 3. The normalized spacial score (nSPS) is 26.3. The number of carbonyl (C=O) groups is 2. The molecule has 2 amide bonds. The molecule has 1 saturated carbocycles. The average Bonchev–Trinajstić information content (AvgIpc) is 3.17. The Kier molecular flexibility index (Phi) is 4.71. The molecule has 1 atom stereocenters. The van der Waals surface area contributed by atoms with Gasteiger partial charge in [0.15, 0.2) is 0 Å². The Morgan fingerprint density at radius 2 is 1.86 bits per heavy atom. The van der Waals surface area contributed by atoms with Crippen LogP contribution in [-0.4, -0.2) is 48.9 Å². The first-order valence-electron chi connectivity index (χ1n) is 8.86. The Bertz CT molecular complexity index is 416. The molecule has 0 aromatic rings. The van der Waals surface area contributed by atoms with Crippen molar-refractivity contribution < 1.29 is 9.59 Å². The van der Waals surface area contributed by atoms with Gasteiger partial charge in [0.1, 0.15) is 6.04 Å². The maximum Gasteiger partial charge on any atom is 0.245 e. The van der Waals surface area contributed by atoms with Gasteiger partial charge in [-0.15, -0.1) is 0 Å². The quantitative estimate of drug-likeness (QED) is 0.826. The second-order valence-corrected chi connectivity index (χ2v) is 7.47. The van der Waals surface area contributed by atoms with E-state index in [-0.39, 0.29) is 17.9 Å². The van der Waals surface area contributed by atoms with Crippen molar-refractivity contribution in [2.75, 3.05) is 26.2 Å². The lowest BCUT2D eigenvalue weighted by molar-refractivity contribution is -0.139. The summed E-state index contributed by atoms with van der Waals surface area (Å²) in [7, 11) is 0. The molecular weight excluding hydrogens is 278 g/mol. The topological polar surface area (TPSA) is 61.4 Å². The van der Waals surface area contributed by atoms with Gasteiger partial charge in [-0.1, -0.05) is 12.8 Å². The molecule has 3 fully saturated rings. The van der Waals surface area contributed by atoms with E-state index in [1.54, 1.807) is 0 Å². The van der Waals surface area contributed by atoms with Gasteiger partial charge in [0.2, 0.25) is 11.8 Å². The number of piperidine rings is 1. The number of nitrogens with zero attached hydrogens (tertiary/aromatic N) is 1. The number of likely N-dealkylation sites (tertiary alicyclic amines) is 1. The molecule has 2 N–H and O–H groups in total. The number of hydrogen-bond donors (Lipinski definition) is 2. The largest absolute Gasteiger partial charge is 0.344 e. The van der Waals surface area contributed by atoms with E-state index >= 15 is 0 Å². The third-order valence-electron chi connectivity index (χ3n) is 5.96. The highest BCUT2D eigenvalue weighted by molar-refractivity contribution is 5.87. The van der Waals surface area contributed by atoms with Crippen molar-refractivity contribution in [2.24, 2.45) is 11.3 Å². The maximum atomic E-state index is 12.9. The monoisotopic (exact) mass is 307 g/mol. The first-order chi connectivity index (χ1) is 10.6. The molecule has 0 aromatic heterocycles. The van der Waals surface area contributed by atoms with Gasteiger partial charge in [-0.3, -0.25) is 9.59 Å². The summed E-state index contributed by atoms with van der Waals surface area (Å²) >= 11 is 0. The lowest BCUT2D eigenvalue weighted by Gasteiger charge is -2.40. The van der Waals surface area contributed by atoms with Crippen LogP contribution < -0.4 is 10.6 Å². The molecule has 0 aromatic carbocycles. The van der Waals surface area contributed by atoms with Gasteiger partial charge in [-0.25, -0.2) is 0 Å². The summed E-state index contributed by atoms with van der Waals surface area (Å²) in [5, 5.41) is 6.40. The molecule has 0 radical (unpaired) electrons. The molecule has 3 rings (SSSR count). The zero-order valence-electron chi connectivity index (χ0n) is 13.7. The van der Waals surface area contributed by atoms with Crippen LogP contribution in [0.25, 0.3) is 0 Å². The fraction of sp³-hybridized carbons (Fsp3) is 0.882. The molecular formula is C17H29N3O2. The Morgan fingerprint density at radius 3 is 2.41 bits per heavy atom. The van der Waals surface area contributed by atoms with Crippen LogP contribution in [0.5, 0.6) is 0 Å². The molecule has 3 aliphatic rings. The van der Waals surface area contributed by atoms with Crippen molar-refractivity contribution >= 4 is 11.8 Å². The summed E-state index contributed by atoms with van der Waals surface area (Å²) < 4.78 is 0. The smallest absolute Gasteiger partial charge is 0.245 e. The minimum Gasteiger partial charge on any atom is -0.344 e. The number of carbonyl (C=O) groups excluding carboxylic acids is 2. The molecule has 124 valence electrons. The van der Waals surface area contributed by atoms with E-state index in [4.69, 9.17) is 0 Å². The van der Waals surface area contributed by atoms with E-state index in [2.05, 4.69) is 10.6 Å². The first-order valence-corrected chi connectivity index (χ1v) is 8.86. The molecule has 2 heterocycles. The molecule has 22 heavy (non-hydrogen) atoms. The third kappa shape index (κ3) is 3.29. The van der Waals surface area contributed by atoms with Gasteiger partial charge in [0.25, 0.3) is 0 Å². The molecule has 1 aliphatic carbocycles. The van der Waals surface area contributed by atoms with E-state index in [1.165, 1.54) is 26.2 Å². The minimum atomic E-state index is -0.296. The fourth-order valence-electron chi connectivity index (χ4n) is 4.51. The lowest BCUT2D eigenvalue weighted by Crippen LogP contribution is -2.54. The predicted octanol–water partition coefficient (Wildman–Crippen LogP) is 1.28. The van der Waals surface area contributed by atoms with Crippen LogP contribution in [-0.2, 0) is 9.59 Å². The zero-order chi connectivity index (χ0) is 15.6. The highest BCUT2D eigenvalue weighted by Gasteiger charge is 2.40. The van der Waals surface area contributed by atoms with Crippen LogP contribution in [0.4, 0.5) is 0 Å². The Labute approximate surface area is 133 Å². The van der Waals surface area contributed by atoms with Crippen molar-refractivity contribution in [3.8, 4) is 0 Å². The second-order valence-electron chi connectivity index (χ2n) is 7.47. The van der Waals surface area contributed by atoms with E-state index in [0.717, 1.165) is 51.9 Å². The summed E-state index contributed by atoms with van der Waals surface area (Å²) in [5.41, 5.74) is 0.424. The van der Waals surface area contributed by atoms with E-state index in [9.17, 15) is 9.59 Å². The summed E-state index contributed by atoms with van der Waals surface area (Å²) in [5.74, 6) is 0.405. The zero-order valence-corrected chi connectivity index (χ0v) is 13.7. The van der Waals surface area contributed by atoms with Crippen LogP contribution in [0, 0.1) is 11.3 Å². The van der Waals surface area contributed by atoms with Crippen molar-refractivity contribution in [1.82, 2.24) is 15.5 Å². The van der Waals surface area contributed by atoms with Crippen LogP contribution in [0.1, 0.15) is 51.9 Å². The Morgan fingerprint density at radius 1 is 1.18 bits per heavy atom. The number of amides is 2. The highest BCUT2D eigenvalue weighted by Crippen LogP contribution is 2.37. The second kappa shape index (κ2) is 6.57. The minimum absolute atomic E-state index is 0.0845. The van der Waals surface area contributed by atoms with Crippen LogP contribution in [0.15, 0.2) is 0 Å². The van der Waals surface area contributed by atoms with Crippen molar-refractivity contribution in [3.05, 3.63) is 0 Å². The molecule has 1 spiro atoms.